The second kappa shape index (κ2) is 4.78. The number of hydrogen-bond acceptors (Lipinski definition) is 5. The van der Waals surface area contributed by atoms with Crippen molar-refractivity contribution in [3.63, 3.8) is 0 Å². The van der Waals surface area contributed by atoms with E-state index in [0.29, 0.717) is 5.82 Å². The lowest BCUT2D eigenvalue weighted by Crippen LogP contribution is -2.23. The second-order valence-electron chi connectivity index (χ2n) is 3.07. The van der Waals surface area contributed by atoms with E-state index in [1.54, 1.807) is 0 Å². The molecule has 2 heterocycles. The molecule has 7 nitrogen and oxygen atoms in total. The molecule has 0 fully saturated rings. The summed E-state index contributed by atoms with van der Waals surface area (Å²) in [6.07, 6.45) is 2.48. The third-order valence-corrected chi connectivity index (χ3v) is 3.52. The zero-order chi connectivity index (χ0) is 12.3. The van der Waals surface area contributed by atoms with Crippen LogP contribution in [0, 0.1) is 0 Å². The third-order valence-electron chi connectivity index (χ3n) is 1.91. The highest BCUT2D eigenvalue weighted by Gasteiger charge is 2.14. The van der Waals surface area contributed by atoms with Gasteiger partial charge in [0.05, 0.1) is 6.54 Å². The Morgan fingerprint density at radius 2 is 2.18 bits per heavy atom. The minimum atomic E-state index is -3.61. The van der Waals surface area contributed by atoms with Gasteiger partial charge < -0.3 is 0 Å². The zero-order valence-corrected chi connectivity index (χ0v) is 10.0. The van der Waals surface area contributed by atoms with Crippen LogP contribution in [0.4, 0.5) is 0 Å². The van der Waals surface area contributed by atoms with E-state index in [1.807, 2.05) is 0 Å². The normalized spacial score (nSPS) is 11.6. The summed E-state index contributed by atoms with van der Waals surface area (Å²) < 4.78 is 25.9. The molecule has 17 heavy (non-hydrogen) atoms. The van der Waals surface area contributed by atoms with Gasteiger partial charge in [-0.2, -0.15) is 5.10 Å². The first-order chi connectivity index (χ1) is 8.08. The maximum atomic E-state index is 11.8. The van der Waals surface area contributed by atoms with E-state index >= 15 is 0 Å². The summed E-state index contributed by atoms with van der Waals surface area (Å²) in [5, 5.41) is 6.39. The summed E-state index contributed by atoms with van der Waals surface area (Å²) in [6, 6.07) is 2.78. The van der Waals surface area contributed by atoms with Gasteiger partial charge in [0.15, 0.2) is 0 Å². The molecule has 2 rings (SSSR count). The van der Waals surface area contributed by atoms with Crippen molar-refractivity contribution in [2.75, 3.05) is 0 Å². The van der Waals surface area contributed by atoms with Crippen LogP contribution in [0.15, 0.2) is 29.6 Å². The lowest BCUT2D eigenvalue weighted by Gasteiger charge is -2.04. The Morgan fingerprint density at radius 1 is 1.35 bits per heavy atom. The smallest absolute Gasteiger partial charge is 0.242 e. The number of rotatable bonds is 4. The molecule has 0 radical (unpaired) electrons. The van der Waals surface area contributed by atoms with Crippen LogP contribution in [0.25, 0.3) is 0 Å². The summed E-state index contributed by atoms with van der Waals surface area (Å²) in [7, 11) is -3.61. The topological polar surface area (TPSA) is 101 Å². The summed E-state index contributed by atoms with van der Waals surface area (Å²) in [4.78, 5) is 7.54. The minimum Gasteiger partial charge on any atom is -0.262 e. The summed E-state index contributed by atoms with van der Waals surface area (Å²) in [6.45, 7) is 0.0327. The molecule has 0 aliphatic rings. The zero-order valence-electron chi connectivity index (χ0n) is 8.46. The fraction of sp³-hybridized carbons (Fsp3) is 0.125. The van der Waals surface area contributed by atoms with E-state index in [1.165, 1.54) is 24.7 Å². The molecule has 0 spiro atoms. The van der Waals surface area contributed by atoms with Crippen LogP contribution < -0.4 is 4.72 Å². The van der Waals surface area contributed by atoms with Gasteiger partial charge in [0.2, 0.25) is 10.0 Å². The fourth-order valence-electron chi connectivity index (χ4n) is 1.08. The van der Waals surface area contributed by atoms with Crippen molar-refractivity contribution in [2.24, 2.45) is 0 Å². The number of nitrogens with zero attached hydrogens (tertiary/aromatic N) is 3. The SMILES string of the molecule is O=S(=O)(NCc1ncn[nH]1)c1ccc(Cl)nc1. The van der Waals surface area contributed by atoms with Gasteiger partial charge in [0.1, 0.15) is 22.2 Å². The van der Waals surface area contributed by atoms with Gasteiger partial charge in [-0.15, -0.1) is 0 Å². The second-order valence-corrected chi connectivity index (χ2v) is 5.23. The molecule has 0 amide bonds. The predicted molar refractivity (Wildman–Crippen MR) is 59.7 cm³/mol. The van der Waals surface area contributed by atoms with Crippen LogP contribution in [0.2, 0.25) is 5.15 Å². The van der Waals surface area contributed by atoms with Gasteiger partial charge in [0.25, 0.3) is 0 Å². The molecule has 0 bridgehead atoms. The molecule has 0 aromatic carbocycles. The van der Waals surface area contributed by atoms with Gasteiger partial charge in [0, 0.05) is 6.20 Å². The molecular weight excluding hydrogens is 266 g/mol. The molecule has 0 aliphatic heterocycles. The van der Waals surface area contributed by atoms with Crippen LogP contribution in [0.3, 0.4) is 0 Å². The van der Waals surface area contributed by atoms with Crippen LogP contribution in [-0.4, -0.2) is 28.6 Å². The molecule has 2 N–H and O–H groups in total. The van der Waals surface area contributed by atoms with Gasteiger partial charge in [-0.3, -0.25) is 5.10 Å². The average molecular weight is 274 g/mol. The van der Waals surface area contributed by atoms with Crippen molar-refractivity contribution in [3.05, 3.63) is 35.6 Å². The number of sulfonamides is 1. The van der Waals surface area contributed by atoms with Gasteiger partial charge in [-0.25, -0.2) is 23.1 Å². The molecule has 0 saturated heterocycles. The lowest BCUT2D eigenvalue weighted by molar-refractivity contribution is 0.579. The standard InChI is InChI=1S/C8H8ClN5O2S/c9-7-2-1-6(3-10-7)17(15,16)13-4-8-11-5-12-14-8/h1-3,5,13H,4H2,(H,11,12,14). The maximum absolute atomic E-state index is 11.8. The number of halogens is 1. The Hall–Kier alpha value is -1.51. The Labute approximate surface area is 102 Å². The lowest BCUT2D eigenvalue weighted by atomic mass is 10.5. The summed E-state index contributed by atoms with van der Waals surface area (Å²) >= 11 is 5.57. The number of nitrogens with one attached hydrogen (secondary N) is 2. The maximum Gasteiger partial charge on any atom is 0.242 e. The quantitative estimate of drug-likeness (QED) is 0.782. The Balaban J connectivity index is 2.11. The van der Waals surface area contributed by atoms with Crippen molar-refractivity contribution in [3.8, 4) is 0 Å². The van der Waals surface area contributed by atoms with Crippen molar-refractivity contribution in [2.45, 2.75) is 11.4 Å². The first-order valence-corrected chi connectivity index (χ1v) is 6.39. The Kier molecular flexibility index (Phi) is 3.36. The first-order valence-electron chi connectivity index (χ1n) is 4.53. The predicted octanol–water partition coefficient (Wildman–Crippen LogP) is 0.332. The Bertz CT molecular complexity index is 581. The highest BCUT2D eigenvalue weighted by atomic mass is 35.5. The van der Waals surface area contributed by atoms with E-state index in [4.69, 9.17) is 11.6 Å². The molecular formula is C8H8ClN5O2S. The van der Waals surface area contributed by atoms with Crippen LogP contribution in [0.1, 0.15) is 5.82 Å². The molecule has 2 aromatic heterocycles. The summed E-state index contributed by atoms with van der Waals surface area (Å²) in [5.74, 6) is 0.426. The molecule has 0 aliphatic carbocycles. The third kappa shape index (κ3) is 2.99. The molecule has 90 valence electrons. The molecule has 2 aromatic rings. The molecule has 0 atom stereocenters. The highest BCUT2D eigenvalue weighted by Crippen LogP contribution is 2.10. The summed E-state index contributed by atoms with van der Waals surface area (Å²) in [5.41, 5.74) is 0. The van der Waals surface area contributed by atoms with E-state index in [0.717, 1.165) is 0 Å². The monoisotopic (exact) mass is 273 g/mol. The average Bonchev–Trinajstić information content (AvgIpc) is 2.80. The number of aromatic amines is 1. The van der Waals surface area contributed by atoms with Crippen LogP contribution in [0.5, 0.6) is 0 Å². The van der Waals surface area contributed by atoms with E-state index < -0.39 is 10.0 Å². The van der Waals surface area contributed by atoms with E-state index in [2.05, 4.69) is 24.9 Å². The largest absolute Gasteiger partial charge is 0.262 e. The number of aromatic nitrogens is 4. The van der Waals surface area contributed by atoms with Gasteiger partial charge in [-0.1, -0.05) is 11.6 Å². The van der Waals surface area contributed by atoms with Crippen molar-refractivity contribution in [1.29, 1.82) is 0 Å². The van der Waals surface area contributed by atoms with Gasteiger partial charge in [-0.05, 0) is 12.1 Å². The van der Waals surface area contributed by atoms with Crippen LogP contribution in [-0.2, 0) is 16.6 Å². The Morgan fingerprint density at radius 3 is 2.76 bits per heavy atom. The van der Waals surface area contributed by atoms with E-state index in [-0.39, 0.29) is 16.6 Å². The molecule has 9 heteroatoms. The van der Waals surface area contributed by atoms with Crippen molar-refractivity contribution < 1.29 is 8.42 Å². The highest BCUT2D eigenvalue weighted by molar-refractivity contribution is 7.89. The van der Waals surface area contributed by atoms with Crippen molar-refractivity contribution >= 4 is 21.6 Å². The first kappa shape index (κ1) is 12.0. The number of pyridine rings is 1. The number of H-pyrrole nitrogens is 1. The number of hydrogen-bond donors (Lipinski definition) is 2. The van der Waals surface area contributed by atoms with Crippen LogP contribution >= 0.6 is 11.6 Å². The fourth-order valence-corrected chi connectivity index (χ4v) is 2.13. The van der Waals surface area contributed by atoms with Crippen molar-refractivity contribution in [1.82, 2.24) is 24.9 Å². The molecule has 0 unspecified atom stereocenters. The minimum absolute atomic E-state index is 0.0327. The molecule has 0 saturated carbocycles. The van der Waals surface area contributed by atoms with E-state index in [9.17, 15) is 8.42 Å². The van der Waals surface area contributed by atoms with Gasteiger partial charge >= 0.3 is 0 Å².